The molecule has 1 atom stereocenters. The van der Waals surface area contributed by atoms with Crippen LogP contribution < -0.4 is 11.1 Å². The summed E-state index contributed by atoms with van der Waals surface area (Å²) in [6.45, 7) is 2.21. The quantitative estimate of drug-likeness (QED) is 0.848. The predicted molar refractivity (Wildman–Crippen MR) is 73.5 cm³/mol. The minimum absolute atomic E-state index is 0.0597. The van der Waals surface area contributed by atoms with Crippen molar-refractivity contribution >= 4 is 17.5 Å². The van der Waals surface area contributed by atoms with Gasteiger partial charge in [-0.3, -0.25) is 9.59 Å². The van der Waals surface area contributed by atoms with Crippen LogP contribution in [0.15, 0.2) is 18.2 Å². The standard InChI is InChI=1S/C14H19N3O2/c1-9(15)14(19)17(2)8-10-3-5-12-11(7-10)4-6-13(18)16-12/h3,5,7,9H,4,6,8,15H2,1-2H3,(H,16,18). The highest BCUT2D eigenvalue weighted by molar-refractivity contribution is 5.93. The first-order valence-corrected chi connectivity index (χ1v) is 6.39. The zero-order valence-electron chi connectivity index (χ0n) is 11.3. The maximum Gasteiger partial charge on any atom is 0.239 e. The van der Waals surface area contributed by atoms with Gasteiger partial charge in [-0.25, -0.2) is 0 Å². The fourth-order valence-corrected chi connectivity index (χ4v) is 2.23. The SMILES string of the molecule is CC(N)C(=O)N(C)Cc1ccc2c(c1)CCC(=O)N2. The number of rotatable bonds is 3. The molecule has 102 valence electrons. The molecular weight excluding hydrogens is 242 g/mol. The molecule has 1 heterocycles. The van der Waals surface area contributed by atoms with E-state index in [1.807, 2.05) is 18.2 Å². The third kappa shape index (κ3) is 3.12. The van der Waals surface area contributed by atoms with E-state index in [0.717, 1.165) is 23.2 Å². The molecule has 0 bridgehead atoms. The second-order valence-corrected chi connectivity index (χ2v) is 5.02. The van der Waals surface area contributed by atoms with Crippen LogP contribution in [0.2, 0.25) is 0 Å². The summed E-state index contributed by atoms with van der Waals surface area (Å²) in [6, 6.07) is 5.38. The molecule has 0 aromatic heterocycles. The molecule has 5 nitrogen and oxygen atoms in total. The Labute approximate surface area is 112 Å². The highest BCUT2D eigenvalue weighted by Gasteiger charge is 2.17. The largest absolute Gasteiger partial charge is 0.340 e. The van der Waals surface area contributed by atoms with Crippen molar-refractivity contribution in [3.8, 4) is 0 Å². The van der Waals surface area contributed by atoms with Crippen LogP contribution in [0.1, 0.15) is 24.5 Å². The number of nitrogens with one attached hydrogen (secondary N) is 1. The fourth-order valence-electron chi connectivity index (χ4n) is 2.23. The fraction of sp³-hybridized carbons (Fsp3) is 0.429. The molecule has 0 saturated heterocycles. The maximum absolute atomic E-state index is 11.7. The number of anilines is 1. The Bertz CT molecular complexity index is 511. The third-order valence-corrected chi connectivity index (χ3v) is 3.25. The van der Waals surface area contributed by atoms with Crippen molar-refractivity contribution < 1.29 is 9.59 Å². The molecular formula is C14H19N3O2. The van der Waals surface area contributed by atoms with Crippen molar-refractivity contribution in [3.63, 3.8) is 0 Å². The molecule has 19 heavy (non-hydrogen) atoms. The van der Waals surface area contributed by atoms with Gasteiger partial charge in [0.2, 0.25) is 11.8 Å². The number of likely N-dealkylation sites (N-methyl/N-ethyl adjacent to an activating group) is 1. The Hall–Kier alpha value is -1.88. The van der Waals surface area contributed by atoms with Crippen LogP contribution in [0.5, 0.6) is 0 Å². The second kappa shape index (κ2) is 5.40. The number of carbonyl (C=O) groups excluding carboxylic acids is 2. The van der Waals surface area contributed by atoms with Gasteiger partial charge in [0.15, 0.2) is 0 Å². The molecule has 5 heteroatoms. The van der Waals surface area contributed by atoms with E-state index in [-0.39, 0.29) is 11.8 Å². The number of nitrogens with zero attached hydrogens (tertiary/aromatic N) is 1. The number of hydrogen-bond acceptors (Lipinski definition) is 3. The average molecular weight is 261 g/mol. The van der Waals surface area contributed by atoms with Gasteiger partial charge in [-0.1, -0.05) is 12.1 Å². The normalized spacial score (nSPS) is 15.4. The van der Waals surface area contributed by atoms with E-state index >= 15 is 0 Å². The van der Waals surface area contributed by atoms with E-state index in [2.05, 4.69) is 5.32 Å². The molecule has 1 aromatic carbocycles. The zero-order valence-corrected chi connectivity index (χ0v) is 11.3. The van der Waals surface area contributed by atoms with Crippen LogP contribution in [-0.4, -0.2) is 29.8 Å². The van der Waals surface area contributed by atoms with E-state index in [1.54, 1.807) is 18.9 Å². The monoisotopic (exact) mass is 261 g/mol. The summed E-state index contributed by atoms with van der Waals surface area (Å²) >= 11 is 0. The Kier molecular flexibility index (Phi) is 3.85. The first kappa shape index (κ1) is 13.5. The summed E-state index contributed by atoms with van der Waals surface area (Å²) in [5, 5.41) is 2.84. The van der Waals surface area contributed by atoms with E-state index in [1.165, 1.54) is 0 Å². The summed E-state index contributed by atoms with van der Waals surface area (Å²) in [5.41, 5.74) is 8.63. The van der Waals surface area contributed by atoms with Crippen molar-refractivity contribution in [3.05, 3.63) is 29.3 Å². The van der Waals surface area contributed by atoms with Crippen molar-refractivity contribution in [1.82, 2.24) is 4.90 Å². The molecule has 1 aliphatic rings. The van der Waals surface area contributed by atoms with Gasteiger partial charge in [-0.2, -0.15) is 0 Å². The molecule has 2 amide bonds. The minimum atomic E-state index is -0.484. The zero-order chi connectivity index (χ0) is 14.0. The second-order valence-electron chi connectivity index (χ2n) is 5.02. The Morgan fingerprint density at radius 1 is 1.47 bits per heavy atom. The molecule has 0 saturated carbocycles. The molecule has 2 rings (SSSR count). The Morgan fingerprint density at radius 2 is 2.21 bits per heavy atom. The van der Waals surface area contributed by atoms with Crippen LogP contribution in [-0.2, 0) is 22.6 Å². The number of hydrogen-bond donors (Lipinski definition) is 2. The number of fused-ring (bicyclic) bond motifs is 1. The van der Waals surface area contributed by atoms with Crippen LogP contribution >= 0.6 is 0 Å². The van der Waals surface area contributed by atoms with E-state index < -0.39 is 6.04 Å². The minimum Gasteiger partial charge on any atom is -0.340 e. The molecule has 1 aliphatic heterocycles. The molecule has 1 unspecified atom stereocenters. The number of amides is 2. The summed E-state index contributed by atoms with van der Waals surface area (Å²) in [4.78, 5) is 24.6. The lowest BCUT2D eigenvalue weighted by Crippen LogP contribution is -2.39. The summed E-state index contributed by atoms with van der Waals surface area (Å²) < 4.78 is 0. The van der Waals surface area contributed by atoms with Crippen molar-refractivity contribution in [2.75, 3.05) is 12.4 Å². The van der Waals surface area contributed by atoms with Crippen molar-refractivity contribution in [2.24, 2.45) is 5.73 Å². The lowest BCUT2D eigenvalue weighted by Gasteiger charge is -2.21. The van der Waals surface area contributed by atoms with E-state index in [0.29, 0.717) is 13.0 Å². The van der Waals surface area contributed by atoms with Gasteiger partial charge >= 0.3 is 0 Å². The number of aryl methyl sites for hydroxylation is 1. The first-order chi connectivity index (χ1) is 8.97. The topological polar surface area (TPSA) is 75.4 Å². The number of nitrogens with two attached hydrogens (primary N) is 1. The van der Waals surface area contributed by atoms with Crippen LogP contribution in [0.4, 0.5) is 5.69 Å². The highest BCUT2D eigenvalue weighted by Crippen LogP contribution is 2.24. The molecule has 3 N–H and O–H groups in total. The lowest BCUT2D eigenvalue weighted by atomic mass is 10.0. The number of carbonyl (C=O) groups is 2. The van der Waals surface area contributed by atoms with Gasteiger partial charge in [0.05, 0.1) is 6.04 Å². The van der Waals surface area contributed by atoms with Crippen LogP contribution in [0, 0.1) is 0 Å². The molecule has 0 radical (unpaired) electrons. The van der Waals surface area contributed by atoms with Crippen molar-refractivity contribution in [1.29, 1.82) is 0 Å². The van der Waals surface area contributed by atoms with Gasteiger partial charge in [-0.05, 0) is 30.5 Å². The Morgan fingerprint density at radius 3 is 2.89 bits per heavy atom. The lowest BCUT2D eigenvalue weighted by molar-refractivity contribution is -0.131. The smallest absolute Gasteiger partial charge is 0.239 e. The molecule has 1 aromatic rings. The van der Waals surface area contributed by atoms with E-state index in [4.69, 9.17) is 5.73 Å². The van der Waals surface area contributed by atoms with Crippen molar-refractivity contribution in [2.45, 2.75) is 32.4 Å². The van der Waals surface area contributed by atoms with Gasteiger partial charge < -0.3 is 16.0 Å². The predicted octanol–water partition coefficient (Wildman–Crippen LogP) is 0.877. The van der Waals surface area contributed by atoms with Gasteiger partial charge in [0.1, 0.15) is 0 Å². The van der Waals surface area contributed by atoms with Crippen LogP contribution in [0.25, 0.3) is 0 Å². The summed E-state index contributed by atoms with van der Waals surface area (Å²) in [6.07, 6.45) is 1.27. The summed E-state index contributed by atoms with van der Waals surface area (Å²) in [7, 11) is 1.74. The molecule has 0 spiro atoms. The maximum atomic E-state index is 11.7. The highest BCUT2D eigenvalue weighted by atomic mass is 16.2. The first-order valence-electron chi connectivity index (χ1n) is 6.39. The third-order valence-electron chi connectivity index (χ3n) is 3.25. The molecule has 0 fully saturated rings. The summed E-state index contributed by atoms with van der Waals surface area (Å²) in [5.74, 6) is -0.0180. The molecule has 0 aliphatic carbocycles. The van der Waals surface area contributed by atoms with E-state index in [9.17, 15) is 9.59 Å². The van der Waals surface area contributed by atoms with Gasteiger partial charge in [0, 0.05) is 25.7 Å². The van der Waals surface area contributed by atoms with Gasteiger partial charge in [-0.15, -0.1) is 0 Å². The average Bonchev–Trinajstić information content (AvgIpc) is 2.37. The Balaban J connectivity index is 2.10. The van der Waals surface area contributed by atoms with Gasteiger partial charge in [0.25, 0.3) is 0 Å². The van der Waals surface area contributed by atoms with Crippen LogP contribution in [0.3, 0.4) is 0 Å². The number of benzene rings is 1.